The van der Waals surface area contributed by atoms with Crippen LogP contribution in [0.4, 0.5) is 5.69 Å². The molecule has 0 saturated heterocycles. The fourth-order valence-electron chi connectivity index (χ4n) is 3.10. The Bertz CT molecular complexity index is 356. The molecule has 2 rings (SSSR count). The molecular formula is C16H26N2. The maximum Gasteiger partial charge on any atom is 0.0316 e. The van der Waals surface area contributed by atoms with Crippen LogP contribution in [0.2, 0.25) is 0 Å². The molecule has 0 unspecified atom stereocenters. The van der Waals surface area contributed by atoms with E-state index in [4.69, 9.17) is 5.73 Å². The standard InChI is InChI=1S/C16H26N2/c1-2-18(16-10-3-4-11-16)12-6-8-14-7-5-9-15(17)13-14/h5,7,9,13,16H,2-4,6,8,10-12,17H2,1H3. The van der Waals surface area contributed by atoms with E-state index in [2.05, 4.69) is 30.0 Å². The van der Waals surface area contributed by atoms with Gasteiger partial charge in [-0.15, -0.1) is 0 Å². The molecule has 0 atom stereocenters. The van der Waals surface area contributed by atoms with Gasteiger partial charge in [0.15, 0.2) is 0 Å². The molecule has 1 aliphatic carbocycles. The van der Waals surface area contributed by atoms with Crippen LogP contribution in [0.25, 0.3) is 0 Å². The van der Waals surface area contributed by atoms with Crippen molar-refractivity contribution in [2.24, 2.45) is 0 Å². The minimum Gasteiger partial charge on any atom is -0.399 e. The maximum absolute atomic E-state index is 5.81. The van der Waals surface area contributed by atoms with E-state index in [1.165, 1.54) is 50.8 Å². The summed E-state index contributed by atoms with van der Waals surface area (Å²) < 4.78 is 0. The van der Waals surface area contributed by atoms with Crippen molar-refractivity contribution in [3.63, 3.8) is 0 Å². The minimum absolute atomic E-state index is 0.857. The SMILES string of the molecule is CCN(CCCc1cccc(N)c1)C1CCCC1. The Labute approximate surface area is 111 Å². The molecule has 0 heterocycles. The predicted molar refractivity (Wildman–Crippen MR) is 78.7 cm³/mol. The number of hydrogen-bond donors (Lipinski definition) is 1. The number of anilines is 1. The van der Waals surface area contributed by atoms with Crippen LogP contribution in [-0.2, 0) is 6.42 Å². The first kappa shape index (κ1) is 13.4. The summed E-state index contributed by atoms with van der Waals surface area (Å²) in [6.07, 6.45) is 8.06. The summed E-state index contributed by atoms with van der Waals surface area (Å²) in [7, 11) is 0. The topological polar surface area (TPSA) is 29.3 Å². The lowest BCUT2D eigenvalue weighted by atomic mass is 10.1. The van der Waals surface area contributed by atoms with Crippen molar-refractivity contribution in [1.82, 2.24) is 4.90 Å². The second kappa shape index (κ2) is 6.79. The number of aryl methyl sites for hydroxylation is 1. The largest absolute Gasteiger partial charge is 0.399 e. The molecule has 2 N–H and O–H groups in total. The van der Waals surface area contributed by atoms with Gasteiger partial charge in [-0.25, -0.2) is 0 Å². The van der Waals surface area contributed by atoms with Crippen LogP contribution in [-0.4, -0.2) is 24.0 Å². The Balaban J connectivity index is 1.76. The summed E-state index contributed by atoms with van der Waals surface area (Å²) in [5.74, 6) is 0. The number of hydrogen-bond acceptors (Lipinski definition) is 2. The first-order chi connectivity index (χ1) is 8.79. The second-order valence-electron chi connectivity index (χ2n) is 5.42. The van der Waals surface area contributed by atoms with Crippen LogP contribution in [0, 0.1) is 0 Å². The van der Waals surface area contributed by atoms with Crippen LogP contribution in [0.15, 0.2) is 24.3 Å². The summed E-state index contributed by atoms with van der Waals surface area (Å²) in [6.45, 7) is 4.72. The van der Waals surface area contributed by atoms with Gasteiger partial charge in [0.05, 0.1) is 0 Å². The molecule has 1 aliphatic rings. The van der Waals surface area contributed by atoms with E-state index >= 15 is 0 Å². The molecule has 0 aliphatic heterocycles. The molecule has 2 nitrogen and oxygen atoms in total. The van der Waals surface area contributed by atoms with Crippen molar-refractivity contribution in [1.29, 1.82) is 0 Å². The fraction of sp³-hybridized carbons (Fsp3) is 0.625. The van der Waals surface area contributed by atoms with Crippen LogP contribution >= 0.6 is 0 Å². The van der Waals surface area contributed by atoms with Crippen molar-refractivity contribution in [3.8, 4) is 0 Å². The van der Waals surface area contributed by atoms with Gasteiger partial charge in [0.25, 0.3) is 0 Å². The van der Waals surface area contributed by atoms with Gasteiger partial charge in [0, 0.05) is 11.7 Å². The van der Waals surface area contributed by atoms with Crippen molar-refractivity contribution in [2.45, 2.75) is 51.5 Å². The molecule has 1 aromatic rings. The lowest BCUT2D eigenvalue weighted by Gasteiger charge is -2.27. The number of nitrogen functional groups attached to an aromatic ring is 1. The van der Waals surface area contributed by atoms with E-state index in [0.717, 1.165) is 18.2 Å². The molecule has 0 amide bonds. The van der Waals surface area contributed by atoms with Gasteiger partial charge < -0.3 is 10.6 Å². The molecule has 100 valence electrons. The monoisotopic (exact) mass is 246 g/mol. The predicted octanol–water partition coefficient (Wildman–Crippen LogP) is 3.47. The second-order valence-corrected chi connectivity index (χ2v) is 5.42. The molecule has 1 saturated carbocycles. The lowest BCUT2D eigenvalue weighted by molar-refractivity contribution is 0.206. The van der Waals surface area contributed by atoms with E-state index < -0.39 is 0 Å². The van der Waals surface area contributed by atoms with Crippen molar-refractivity contribution in [2.75, 3.05) is 18.8 Å². The zero-order valence-corrected chi connectivity index (χ0v) is 11.6. The van der Waals surface area contributed by atoms with Crippen LogP contribution in [0.3, 0.4) is 0 Å². The molecule has 0 aromatic heterocycles. The van der Waals surface area contributed by atoms with Gasteiger partial charge in [-0.1, -0.05) is 31.9 Å². The number of nitrogens with zero attached hydrogens (tertiary/aromatic N) is 1. The summed E-state index contributed by atoms with van der Waals surface area (Å²) in [6, 6.07) is 9.16. The van der Waals surface area contributed by atoms with Gasteiger partial charge in [0.1, 0.15) is 0 Å². The van der Waals surface area contributed by atoms with Crippen molar-refractivity contribution in [3.05, 3.63) is 29.8 Å². The van der Waals surface area contributed by atoms with Gasteiger partial charge in [-0.2, -0.15) is 0 Å². The zero-order valence-electron chi connectivity index (χ0n) is 11.6. The van der Waals surface area contributed by atoms with E-state index in [-0.39, 0.29) is 0 Å². The maximum atomic E-state index is 5.81. The molecule has 18 heavy (non-hydrogen) atoms. The normalized spacial score (nSPS) is 16.6. The minimum atomic E-state index is 0.857. The highest BCUT2D eigenvalue weighted by atomic mass is 15.1. The lowest BCUT2D eigenvalue weighted by Crippen LogP contribution is -2.34. The highest BCUT2D eigenvalue weighted by Crippen LogP contribution is 2.23. The third-order valence-corrected chi connectivity index (χ3v) is 4.11. The Kier molecular flexibility index (Phi) is 5.06. The molecule has 0 bridgehead atoms. The quantitative estimate of drug-likeness (QED) is 0.779. The Morgan fingerprint density at radius 3 is 2.72 bits per heavy atom. The van der Waals surface area contributed by atoms with E-state index in [9.17, 15) is 0 Å². The van der Waals surface area contributed by atoms with Crippen LogP contribution in [0.1, 0.15) is 44.6 Å². The van der Waals surface area contributed by atoms with Crippen LogP contribution < -0.4 is 5.73 Å². The average molecular weight is 246 g/mol. The van der Waals surface area contributed by atoms with Crippen LogP contribution in [0.5, 0.6) is 0 Å². The molecule has 0 spiro atoms. The van der Waals surface area contributed by atoms with Gasteiger partial charge >= 0.3 is 0 Å². The third-order valence-electron chi connectivity index (χ3n) is 4.11. The summed E-state index contributed by atoms with van der Waals surface area (Å²) in [4.78, 5) is 2.67. The fourth-order valence-corrected chi connectivity index (χ4v) is 3.10. The molecular weight excluding hydrogens is 220 g/mol. The molecule has 2 heteroatoms. The average Bonchev–Trinajstić information content (AvgIpc) is 2.88. The first-order valence-electron chi connectivity index (χ1n) is 7.38. The van der Waals surface area contributed by atoms with E-state index in [1.807, 2.05) is 6.07 Å². The van der Waals surface area contributed by atoms with Gasteiger partial charge in [-0.3, -0.25) is 0 Å². The zero-order chi connectivity index (χ0) is 12.8. The molecule has 1 fully saturated rings. The Hall–Kier alpha value is -1.02. The Morgan fingerprint density at radius 2 is 2.06 bits per heavy atom. The van der Waals surface area contributed by atoms with E-state index in [1.54, 1.807) is 0 Å². The van der Waals surface area contributed by atoms with Gasteiger partial charge in [-0.05, 0) is 56.5 Å². The summed E-state index contributed by atoms with van der Waals surface area (Å²) in [5, 5.41) is 0. The number of rotatable bonds is 6. The molecule has 1 aromatic carbocycles. The highest BCUT2D eigenvalue weighted by molar-refractivity contribution is 5.40. The summed E-state index contributed by atoms with van der Waals surface area (Å²) >= 11 is 0. The number of nitrogens with two attached hydrogens (primary N) is 1. The third kappa shape index (κ3) is 3.74. The van der Waals surface area contributed by atoms with Crippen molar-refractivity contribution < 1.29 is 0 Å². The molecule has 0 radical (unpaired) electrons. The van der Waals surface area contributed by atoms with E-state index in [0.29, 0.717) is 0 Å². The first-order valence-corrected chi connectivity index (χ1v) is 7.38. The smallest absolute Gasteiger partial charge is 0.0316 e. The highest BCUT2D eigenvalue weighted by Gasteiger charge is 2.20. The summed E-state index contributed by atoms with van der Waals surface area (Å²) in [5.41, 5.74) is 8.06. The van der Waals surface area contributed by atoms with Gasteiger partial charge in [0.2, 0.25) is 0 Å². The van der Waals surface area contributed by atoms with Crippen molar-refractivity contribution >= 4 is 5.69 Å². The Morgan fingerprint density at radius 1 is 1.28 bits per heavy atom. The number of benzene rings is 1.